The molecule has 5 heteroatoms. The van der Waals surface area contributed by atoms with Gasteiger partial charge in [-0.2, -0.15) is 0 Å². The van der Waals surface area contributed by atoms with Gasteiger partial charge < -0.3 is 10.1 Å². The van der Waals surface area contributed by atoms with E-state index in [-0.39, 0.29) is 37.2 Å². The fraction of sp³-hybridized carbons (Fsp3) is 0.400. The number of carbonyl (C=O) groups is 3. The summed E-state index contributed by atoms with van der Waals surface area (Å²) in [5.41, 5.74) is 5.61. The number of nitrogens with one attached hydrogen (secondary N) is 1. The number of esters is 1. The monoisotopic (exact) mass is 405 g/mol. The molecule has 0 unspecified atom stereocenters. The second kappa shape index (κ2) is 9.24. The zero-order valence-corrected chi connectivity index (χ0v) is 17.1. The van der Waals surface area contributed by atoms with Gasteiger partial charge in [0.1, 0.15) is 0 Å². The van der Waals surface area contributed by atoms with Gasteiger partial charge in [-0.05, 0) is 66.8 Å². The molecule has 1 amide bonds. The molecule has 4 rings (SSSR count). The molecular formula is C25H27NO4. The highest BCUT2D eigenvalue weighted by molar-refractivity contribution is 5.98. The van der Waals surface area contributed by atoms with Crippen LogP contribution in [-0.2, 0) is 33.6 Å². The molecule has 0 saturated heterocycles. The normalized spacial score (nSPS) is 17.0. The number of carbonyl (C=O) groups excluding carboxylic acids is 3. The van der Waals surface area contributed by atoms with Gasteiger partial charge in [0.15, 0.2) is 12.4 Å². The third-order valence-corrected chi connectivity index (χ3v) is 6.05. The lowest BCUT2D eigenvalue weighted by Crippen LogP contribution is -2.34. The van der Waals surface area contributed by atoms with Crippen molar-refractivity contribution < 1.29 is 19.1 Å². The van der Waals surface area contributed by atoms with E-state index in [1.807, 2.05) is 36.4 Å². The molecule has 0 radical (unpaired) electrons. The Balaban J connectivity index is 1.21. The third-order valence-electron chi connectivity index (χ3n) is 6.05. The molecule has 1 N–H and O–H groups in total. The predicted octanol–water partition coefficient (Wildman–Crippen LogP) is 3.88. The Morgan fingerprint density at radius 3 is 2.60 bits per heavy atom. The molecule has 2 aromatic rings. The van der Waals surface area contributed by atoms with Gasteiger partial charge in [-0.1, -0.05) is 36.4 Å². The van der Waals surface area contributed by atoms with Crippen LogP contribution in [0.2, 0.25) is 0 Å². The van der Waals surface area contributed by atoms with Crippen molar-refractivity contribution in [3.63, 3.8) is 0 Å². The third kappa shape index (κ3) is 4.78. The fourth-order valence-corrected chi connectivity index (χ4v) is 4.46. The van der Waals surface area contributed by atoms with Crippen LogP contribution in [0, 0.1) is 0 Å². The average molecular weight is 405 g/mol. The van der Waals surface area contributed by atoms with E-state index in [1.54, 1.807) is 0 Å². The molecule has 0 saturated carbocycles. The van der Waals surface area contributed by atoms with Gasteiger partial charge in [0, 0.05) is 12.0 Å². The van der Waals surface area contributed by atoms with Crippen LogP contribution in [0.5, 0.6) is 0 Å². The molecular weight excluding hydrogens is 378 g/mol. The van der Waals surface area contributed by atoms with Crippen molar-refractivity contribution in [3.05, 3.63) is 70.3 Å². The molecule has 30 heavy (non-hydrogen) atoms. The van der Waals surface area contributed by atoms with Crippen molar-refractivity contribution in [1.29, 1.82) is 0 Å². The van der Waals surface area contributed by atoms with Crippen LogP contribution >= 0.6 is 0 Å². The van der Waals surface area contributed by atoms with E-state index >= 15 is 0 Å². The van der Waals surface area contributed by atoms with Crippen molar-refractivity contribution in [2.75, 3.05) is 6.61 Å². The van der Waals surface area contributed by atoms with Crippen LogP contribution < -0.4 is 5.32 Å². The fourth-order valence-electron chi connectivity index (χ4n) is 4.46. The minimum absolute atomic E-state index is 0.0184. The summed E-state index contributed by atoms with van der Waals surface area (Å²) < 4.78 is 5.09. The lowest BCUT2D eigenvalue weighted by molar-refractivity contribution is -0.148. The molecule has 0 bridgehead atoms. The van der Waals surface area contributed by atoms with Crippen molar-refractivity contribution in [2.24, 2.45) is 0 Å². The van der Waals surface area contributed by atoms with Crippen molar-refractivity contribution in [1.82, 2.24) is 5.32 Å². The van der Waals surface area contributed by atoms with Gasteiger partial charge >= 0.3 is 5.97 Å². The largest absolute Gasteiger partial charge is 0.456 e. The maximum Gasteiger partial charge on any atom is 0.306 e. The molecule has 2 aliphatic rings. The molecule has 2 aromatic carbocycles. The van der Waals surface area contributed by atoms with E-state index in [4.69, 9.17) is 4.74 Å². The molecule has 156 valence electrons. The first kappa shape index (κ1) is 20.3. The zero-order valence-electron chi connectivity index (χ0n) is 17.1. The number of ether oxygens (including phenoxy) is 1. The Morgan fingerprint density at radius 2 is 1.70 bits per heavy atom. The van der Waals surface area contributed by atoms with Gasteiger partial charge in [-0.25, -0.2) is 0 Å². The zero-order chi connectivity index (χ0) is 20.9. The van der Waals surface area contributed by atoms with Crippen LogP contribution in [0.3, 0.4) is 0 Å². The summed E-state index contributed by atoms with van der Waals surface area (Å²) in [4.78, 5) is 36.6. The van der Waals surface area contributed by atoms with E-state index in [0.29, 0.717) is 5.56 Å². The highest BCUT2D eigenvalue weighted by Crippen LogP contribution is 2.29. The first-order valence-electron chi connectivity index (χ1n) is 10.8. The van der Waals surface area contributed by atoms with Crippen LogP contribution in [0.1, 0.15) is 70.8 Å². The Hall–Kier alpha value is -2.95. The van der Waals surface area contributed by atoms with Gasteiger partial charge in [0.05, 0.1) is 12.5 Å². The van der Waals surface area contributed by atoms with Gasteiger partial charge in [-0.15, -0.1) is 0 Å². The summed E-state index contributed by atoms with van der Waals surface area (Å²) >= 11 is 0. The first-order chi connectivity index (χ1) is 14.6. The second-order valence-corrected chi connectivity index (χ2v) is 8.13. The highest BCUT2D eigenvalue weighted by Gasteiger charge is 2.22. The van der Waals surface area contributed by atoms with E-state index in [2.05, 4.69) is 11.4 Å². The van der Waals surface area contributed by atoms with Crippen molar-refractivity contribution in [2.45, 2.75) is 57.4 Å². The molecule has 5 nitrogen and oxygen atoms in total. The molecule has 0 aromatic heterocycles. The number of aryl methyl sites for hydroxylation is 3. The molecule has 0 heterocycles. The van der Waals surface area contributed by atoms with Crippen LogP contribution in [0.4, 0.5) is 0 Å². The van der Waals surface area contributed by atoms with E-state index in [0.717, 1.165) is 44.1 Å². The summed E-state index contributed by atoms with van der Waals surface area (Å²) in [7, 11) is 0. The average Bonchev–Trinajstić information content (AvgIpc) is 3.24. The lowest BCUT2D eigenvalue weighted by atomic mass is 9.88. The Morgan fingerprint density at radius 1 is 0.900 bits per heavy atom. The van der Waals surface area contributed by atoms with Gasteiger partial charge in [0.25, 0.3) is 5.91 Å². The minimum atomic E-state index is -0.524. The smallest absolute Gasteiger partial charge is 0.306 e. The Bertz CT molecular complexity index is 965. The maximum absolute atomic E-state index is 12.4. The quantitative estimate of drug-likeness (QED) is 0.561. The van der Waals surface area contributed by atoms with E-state index in [9.17, 15) is 14.4 Å². The van der Waals surface area contributed by atoms with Crippen molar-refractivity contribution >= 4 is 17.7 Å². The summed E-state index contributed by atoms with van der Waals surface area (Å²) in [5, 5.41) is 2.96. The van der Waals surface area contributed by atoms with Crippen molar-refractivity contribution in [3.8, 4) is 0 Å². The van der Waals surface area contributed by atoms with Crippen LogP contribution in [-0.4, -0.2) is 24.3 Å². The van der Waals surface area contributed by atoms with Crippen LogP contribution in [0.25, 0.3) is 0 Å². The number of fused-ring (bicyclic) bond motifs is 2. The highest BCUT2D eigenvalue weighted by atomic mass is 16.5. The van der Waals surface area contributed by atoms with Gasteiger partial charge in [-0.3, -0.25) is 14.4 Å². The summed E-state index contributed by atoms with van der Waals surface area (Å²) in [6, 6.07) is 13.9. The molecule has 0 aliphatic heterocycles. The standard InChI is InChI=1S/C25H27NO4/c27-23(20-12-11-17-6-3-8-19(17)15-20)13-14-25(29)30-16-24(28)26-22-10-4-7-18-5-1-2-9-21(18)22/h1-2,5,9,11-12,15,22H,3-4,6-8,10,13-14,16H2,(H,26,28)/t22-/m1/s1. The number of hydrogen-bond acceptors (Lipinski definition) is 4. The first-order valence-corrected chi connectivity index (χ1v) is 10.8. The molecule has 2 aliphatic carbocycles. The number of hydrogen-bond donors (Lipinski definition) is 1. The molecule has 1 atom stereocenters. The van der Waals surface area contributed by atoms with Crippen LogP contribution in [0.15, 0.2) is 42.5 Å². The molecule has 0 fully saturated rings. The van der Waals surface area contributed by atoms with Gasteiger partial charge in [0.2, 0.25) is 0 Å². The SMILES string of the molecule is O=C(COC(=O)CCC(=O)c1ccc2c(c1)CCC2)N[C@@H]1CCCc2ccccc21. The van der Waals surface area contributed by atoms with E-state index < -0.39 is 5.97 Å². The number of ketones is 1. The summed E-state index contributed by atoms with van der Waals surface area (Å²) in [6.45, 7) is -0.315. The predicted molar refractivity (Wildman–Crippen MR) is 113 cm³/mol. The summed E-state index contributed by atoms with van der Waals surface area (Å²) in [6.07, 6.45) is 6.22. The van der Waals surface area contributed by atoms with E-state index in [1.165, 1.54) is 16.7 Å². The number of amides is 1. The number of rotatable bonds is 7. The maximum atomic E-state index is 12.4. The number of Topliss-reactive ketones (excluding diaryl/α,β-unsaturated/α-hetero) is 1. The lowest BCUT2D eigenvalue weighted by Gasteiger charge is -2.26. The topological polar surface area (TPSA) is 72.5 Å². The second-order valence-electron chi connectivity index (χ2n) is 8.13. The summed E-state index contributed by atoms with van der Waals surface area (Å²) in [5.74, 6) is -0.899. The minimum Gasteiger partial charge on any atom is -0.456 e. The molecule has 0 spiro atoms. The number of benzene rings is 2. The Labute approximate surface area is 176 Å². The Kier molecular flexibility index (Phi) is 6.26.